The van der Waals surface area contributed by atoms with Crippen molar-refractivity contribution in [3.8, 4) is 0 Å². The van der Waals surface area contributed by atoms with E-state index in [-0.39, 0.29) is 17.7 Å². The molecule has 0 saturated carbocycles. The number of ketones is 1. The fraction of sp³-hybridized carbons (Fsp3) is 0.529. The van der Waals surface area contributed by atoms with Crippen molar-refractivity contribution in [3.63, 3.8) is 0 Å². The first-order valence-corrected chi connectivity index (χ1v) is 9.40. The Labute approximate surface area is 146 Å². The number of hydrogen-bond donors (Lipinski definition) is 1. The first kappa shape index (κ1) is 18.3. The van der Waals surface area contributed by atoms with E-state index in [1.165, 1.54) is 11.8 Å². The lowest BCUT2D eigenvalue weighted by Crippen LogP contribution is -2.43. The zero-order chi connectivity index (χ0) is 16.8. The zero-order valence-corrected chi connectivity index (χ0v) is 14.9. The minimum absolute atomic E-state index is 0.0233. The van der Waals surface area contributed by atoms with Crippen LogP contribution in [0.15, 0.2) is 24.3 Å². The second kappa shape index (κ2) is 8.71. The molecule has 126 valence electrons. The summed E-state index contributed by atoms with van der Waals surface area (Å²) in [5.41, 5.74) is 6.55. The lowest BCUT2D eigenvalue weighted by Gasteiger charge is -2.33. The number of nitrogens with zero attached hydrogens (tertiary/aromatic N) is 1. The summed E-state index contributed by atoms with van der Waals surface area (Å²) >= 11 is 7.17. The molecule has 0 aromatic heterocycles. The number of halogens is 1. The number of thioether (sulfide) groups is 1. The predicted molar refractivity (Wildman–Crippen MR) is 96.1 cm³/mol. The number of likely N-dealkylation sites (tertiary alicyclic amines) is 1. The van der Waals surface area contributed by atoms with Crippen LogP contribution in [0.3, 0.4) is 0 Å². The van der Waals surface area contributed by atoms with Gasteiger partial charge < -0.3 is 10.6 Å². The molecule has 1 aromatic rings. The molecule has 1 amide bonds. The Hall–Kier alpha value is -1.04. The number of amides is 1. The third-order valence-electron chi connectivity index (χ3n) is 4.26. The van der Waals surface area contributed by atoms with Crippen molar-refractivity contribution >= 4 is 35.1 Å². The molecule has 6 heteroatoms. The third kappa shape index (κ3) is 5.52. The molecule has 2 rings (SSSR count). The minimum atomic E-state index is 0.0233. The summed E-state index contributed by atoms with van der Waals surface area (Å²) in [6, 6.07) is 7.02. The van der Waals surface area contributed by atoms with Gasteiger partial charge in [0.15, 0.2) is 5.78 Å². The number of piperidine rings is 1. The van der Waals surface area contributed by atoms with Crippen LogP contribution in [0.5, 0.6) is 0 Å². The maximum atomic E-state index is 12.2. The normalized spacial score (nSPS) is 17.1. The van der Waals surface area contributed by atoms with Gasteiger partial charge in [-0.1, -0.05) is 11.6 Å². The van der Waals surface area contributed by atoms with Crippen LogP contribution in [0.25, 0.3) is 0 Å². The van der Waals surface area contributed by atoms with Gasteiger partial charge in [0.05, 0.1) is 11.5 Å². The largest absolute Gasteiger partial charge is 0.342 e. The number of carbonyl (C=O) groups is 2. The molecule has 0 spiro atoms. The molecule has 0 aliphatic carbocycles. The minimum Gasteiger partial charge on any atom is -0.342 e. The van der Waals surface area contributed by atoms with Crippen LogP contribution in [0, 0.1) is 5.92 Å². The number of Topliss-reactive ketones (excluding diaryl/α,β-unsaturated/α-hetero) is 1. The molecule has 4 nitrogen and oxygen atoms in total. The topological polar surface area (TPSA) is 63.4 Å². The SMILES string of the molecule is CC(N)C1CCN(C(=O)CSCC(=O)c2ccc(Cl)cc2)CC1. The summed E-state index contributed by atoms with van der Waals surface area (Å²) in [6.45, 7) is 3.58. The highest BCUT2D eigenvalue weighted by atomic mass is 35.5. The third-order valence-corrected chi connectivity index (χ3v) is 5.43. The van der Waals surface area contributed by atoms with Crippen molar-refractivity contribution in [2.24, 2.45) is 11.7 Å². The van der Waals surface area contributed by atoms with Gasteiger partial charge in [-0.15, -0.1) is 11.8 Å². The summed E-state index contributed by atoms with van der Waals surface area (Å²) in [7, 11) is 0. The lowest BCUT2D eigenvalue weighted by atomic mass is 9.91. The number of benzene rings is 1. The van der Waals surface area contributed by atoms with Gasteiger partial charge in [0.2, 0.25) is 5.91 Å². The molecule has 2 N–H and O–H groups in total. The summed E-state index contributed by atoms with van der Waals surface area (Å²) < 4.78 is 0. The predicted octanol–water partition coefficient (Wildman–Crippen LogP) is 2.84. The maximum Gasteiger partial charge on any atom is 0.232 e. The quantitative estimate of drug-likeness (QED) is 0.798. The Balaban J connectivity index is 1.71. The van der Waals surface area contributed by atoms with E-state index < -0.39 is 0 Å². The van der Waals surface area contributed by atoms with Crippen molar-refractivity contribution in [1.29, 1.82) is 0 Å². The number of carbonyl (C=O) groups excluding carboxylic acids is 2. The van der Waals surface area contributed by atoms with Crippen LogP contribution in [0.1, 0.15) is 30.1 Å². The van der Waals surface area contributed by atoms with E-state index in [9.17, 15) is 9.59 Å². The van der Waals surface area contributed by atoms with Gasteiger partial charge in [0.1, 0.15) is 0 Å². The van der Waals surface area contributed by atoms with Crippen LogP contribution < -0.4 is 5.73 Å². The Morgan fingerprint density at radius 1 is 1.26 bits per heavy atom. The molecule has 0 radical (unpaired) electrons. The molecule has 1 fully saturated rings. The first-order chi connectivity index (χ1) is 11.0. The molecule has 1 aliphatic heterocycles. The average molecular weight is 355 g/mol. The highest BCUT2D eigenvalue weighted by Crippen LogP contribution is 2.20. The molecule has 1 aromatic carbocycles. The average Bonchev–Trinajstić information content (AvgIpc) is 2.55. The summed E-state index contributed by atoms with van der Waals surface area (Å²) in [4.78, 5) is 26.1. The van der Waals surface area contributed by atoms with Crippen molar-refractivity contribution in [2.45, 2.75) is 25.8 Å². The number of nitrogens with two attached hydrogens (primary N) is 1. The molecule has 1 aliphatic rings. The number of hydrogen-bond acceptors (Lipinski definition) is 4. The molecule has 1 heterocycles. The van der Waals surface area contributed by atoms with Crippen LogP contribution in [0.4, 0.5) is 0 Å². The Morgan fingerprint density at radius 2 is 1.87 bits per heavy atom. The van der Waals surface area contributed by atoms with Gasteiger partial charge in [-0.25, -0.2) is 0 Å². The van der Waals surface area contributed by atoms with Crippen molar-refractivity contribution in [3.05, 3.63) is 34.9 Å². The molecule has 1 saturated heterocycles. The fourth-order valence-corrected chi connectivity index (χ4v) is 3.65. The smallest absolute Gasteiger partial charge is 0.232 e. The van der Waals surface area contributed by atoms with Gasteiger partial charge in [-0.05, 0) is 49.9 Å². The highest BCUT2D eigenvalue weighted by molar-refractivity contribution is 8.00. The second-order valence-electron chi connectivity index (χ2n) is 6.00. The molecule has 23 heavy (non-hydrogen) atoms. The molecule has 0 bridgehead atoms. The van der Waals surface area contributed by atoms with Gasteiger partial charge in [-0.2, -0.15) is 0 Å². The van der Waals surface area contributed by atoms with E-state index in [4.69, 9.17) is 17.3 Å². The van der Waals surface area contributed by atoms with Crippen LogP contribution in [-0.2, 0) is 4.79 Å². The van der Waals surface area contributed by atoms with Crippen molar-refractivity contribution in [1.82, 2.24) is 4.90 Å². The standard InChI is InChI=1S/C17H23ClN2O2S/c1-12(19)13-6-8-20(9-7-13)17(22)11-23-10-16(21)14-2-4-15(18)5-3-14/h2-5,12-13H,6-11,19H2,1H3. The Kier molecular flexibility index (Phi) is 6.93. The lowest BCUT2D eigenvalue weighted by molar-refractivity contribution is -0.129. The molecule has 1 atom stereocenters. The Morgan fingerprint density at radius 3 is 2.43 bits per heavy atom. The van der Waals surface area contributed by atoms with Gasteiger partial charge in [0, 0.05) is 29.7 Å². The second-order valence-corrected chi connectivity index (χ2v) is 7.42. The number of rotatable bonds is 6. The maximum absolute atomic E-state index is 12.2. The molecular weight excluding hydrogens is 332 g/mol. The van der Waals surface area contributed by atoms with Gasteiger partial charge in [0.25, 0.3) is 0 Å². The molecule has 1 unspecified atom stereocenters. The van der Waals surface area contributed by atoms with E-state index in [0.717, 1.165) is 25.9 Å². The van der Waals surface area contributed by atoms with Crippen LogP contribution >= 0.6 is 23.4 Å². The van der Waals surface area contributed by atoms with E-state index in [1.54, 1.807) is 24.3 Å². The summed E-state index contributed by atoms with van der Waals surface area (Å²) in [5.74, 6) is 1.31. The van der Waals surface area contributed by atoms with Gasteiger partial charge in [-0.3, -0.25) is 9.59 Å². The zero-order valence-electron chi connectivity index (χ0n) is 13.3. The summed E-state index contributed by atoms with van der Waals surface area (Å²) in [5, 5.41) is 0.611. The Bertz CT molecular complexity index is 540. The highest BCUT2D eigenvalue weighted by Gasteiger charge is 2.24. The van der Waals surface area contributed by atoms with E-state index in [1.807, 2.05) is 11.8 Å². The van der Waals surface area contributed by atoms with E-state index in [0.29, 0.717) is 28.0 Å². The van der Waals surface area contributed by atoms with Crippen molar-refractivity contribution in [2.75, 3.05) is 24.6 Å². The van der Waals surface area contributed by atoms with Crippen LogP contribution in [0.2, 0.25) is 5.02 Å². The molecular formula is C17H23ClN2O2S. The first-order valence-electron chi connectivity index (χ1n) is 7.87. The van der Waals surface area contributed by atoms with E-state index in [2.05, 4.69) is 0 Å². The van der Waals surface area contributed by atoms with Crippen LogP contribution in [-0.4, -0.2) is 47.2 Å². The van der Waals surface area contributed by atoms with E-state index >= 15 is 0 Å². The fourth-order valence-electron chi connectivity index (χ4n) is 2.72. The van der Waals surface area contributed by atoms with Crippen molar-refractivity contribution < 1.29 is 9.59 Å². The van der Waals surface area contributed by atoms with Gasteiger partial charge >= 0.3 is 0 Å². The monoisotopic (exact) mass is 354 g/mol. The summed E-state index contributed by atoms with van der Waals surface area (Å²) in [6.07, 6.45) is 1.94.